The number of hydrogen-bond acceptors (Lipinski definition) is 1. The van der Waals surface area contributed by atoms with Gasteiger partial charge in [0.2, 0.25) is 5.91 Å². The topological polar surface area (TPSA) is 20.3 Å². The molecular weight excluding hydrogens is 162 g/mol. The number of carbonyl (C=O) groups excluding carboxylic acids is 1. The highest BCUT2D eigenvalue weighted by Crippen LogP contribution is 2.44. The Morgan fingerprint density at radius 3 is 2.77 bits per heavy atom. The van der Waals surface area contributed by atoms with E-state index in [-0.39, 0.29) is 5.91 Å². The number of piperidine rings is 1. The van der Waals surface area contributed by atoms with Crippen molar-refractivity contribution >= 4 is 5.91 Å². The first-order chi connectivity index (χ1) is 6.16. The summed E-state index contributed by atoms with van der Waals surface area (Å²) >= 11 is 0. The van der Waals surface area contributed by atoms with E-state index in [4.69, 9.17) is 0 Å². The van der Waals surface area contributed by atoms with Crippen LogP contribution >= 0.6 is 0 Å². The van der Waals surface area contributed by atoms with Gasteiger partial charge in [-0.25, -0.2) is 0 Å². The molecule has 1 heterocycles. The van der Waals surface area contributed by atoms with Crippen LogP contribution in [0.5, 0.6) is 0 Å². The van der Waals surface area contributed by atoms with E-state index in [1.54, 1.807) is 6.08 Å². The van der Waals surface area contributed by atoms with Gasteiger partial charge in [0.1, 0.15) is 0 Å². The van der Waals surface area contributed by atoms with Crippen molar-refractivity contribution in [2.75, 3.05) is 13.1 Å². The van der Waals surface area contributed by atoms with Gasteiger partial charge in [0.15, 0.2) is 0 Å². The molecule has 0 aromatic heterocycles. The van der Waals surface area contributed by atoms with Crippen LogP contribution < -0.4 is 0 Å². The predicted molar refractivity (Wildman–Crippen MR) is 52.2 cm³/mol. The second-order valence-corrected chi connectivity index (χ2v) is 4.55. The predicted octanol–water partition coefficient (Wildman–Crippen LogP) is 1.82. The number of allylic oxidation sites excluding steroid dienone is 1. The van der Waals surface area contributed by atoms with Crippen LogP contribution in [0.1, 0.15) is 26.7 Å². The largest absolute Gasteiger partial charge is 0.339 e. The van der Waals surface area contributed by atoms with Crippen LogP contribution in [0, 0.1) is 11.8 Å². The molecule has 1 saturated carbocycles. The fourth-order valence-electron chi connectivity index (χ4n) is 2.12. The molecule has 2 atom stereocenters. The molecule has 1 aliphatic heterocycles. The Labute approximate surface area is 79.6 Å². The van der Waals surface area contributed by atoms with Gasteiger partial charge in [-0.05, 0) is 38.5 Å². The molecule has 0 aromatic carbocycles. The summed E-state index contributed by atoms with van der Waals surface area (Å²) in [4.78, 5) is 13.6. The molecule has 2 nitrogen and oxygen atoms in total. The minimum atomic E-state index is 0.213. The van der Waals surface area contributed by atoms with Gasteiger partial charge in [0, 0.05) is 19.2 Å². The van der Waals surface area contributed by atoms with Crippen molar-refractivity contribution < 1.29 is 4.79 Å². The zero-order chi connectivity index (χ0) is 9.42. The summed E-state index contributed by atoms with van der Waals surface area (Å²) in [5.74, 6) is 2.00. The summed E-state index contributed by atoms with van der Waals surface area (Å²) in [6, 6.07) is 0. The number of carbonyl (C=O) groups is 1. The van der Waals surface area contributed by atoms with Crippen LogP contribution in [0.4, 0.5) is 0 Å². The molecule has 1 amide bonds. The third-order valence-corrected chi connectivity index (χ3v) is 3.02. The Bertz CT molecular complexity index is 253. The molecule has 1 aliphatic carbocycles. The van der Waals surface area contributed by atoms with E-state index in [1.165, 1.54) is 12.8 Å². The van der Waals surface area contributed by atoms with E-state index in [0.717, 1.165) is 30.5 Å². The molecule has 2 aliphatic rings. The number of fused-ring (bicyclic) bond motifs is 1. The van der Waals surface area contributed by atoms with Crippen LogP contribution in [-0.4, -0.2) is 23.9 Å². The molecular formula is C11H17NO. The first-order valence-corrected chi connectivity index (χ1v) is 5.10. The van der Waals surface area contributed by atoms with Crippen molar-refractivity contribution in [1.29, 1.82) is 0 Å². The van der Waals surface area contributed by atoms with Crippen molar-refractivity contribution in [3.05, 3.63) is 11.6 Å². The highest BCUT2D eigenvalue weighted by atomic mass is 16.2. The maximum atomic E-state index is 11.6. The van der Waals surface area contributed by atoms with Gasteiger partial charge in [-0.3, -0.25) is 4.79 Å². The van der Waals surface area contributed by atoms with E-state index < -0.39 is 0 Å². The Morgan fingerprint density at radius 1 is 1.38 bits per heavy atom. The van der Waals surface area contributed by atoms with Gasteiger partial charge in [-0.1, -0.05) is 5.57 Å². The van der Waals surface area contributed by atoms with Gasteiger partial charge in [-0.2, -0.15) is 0 Å². The second-order valence-electron chi connectivity index (χ2n) is 4.55. The van der Waals surface area contributed by atoms with E-state index in [0.29, 0.717) is 0 Å². The lowest BCUT2D eigenvalue weighted by Crippen LogP contribution is -2.35. The average molecular weight is 179 g/mol. The van der Waals surface area contributed by atoms with Crippen molar-refractivity contribution in [2.45, 2.75) is 26.7 Å². The van der Waals surface area contributed by atoms with E-state index in [9.17, 15) is 4.79 Å². The third kappa shape index (κ3) is 1.93. The zero-order valence-corrected chi connectivity index (χ0v) is 8.42. The average Bonchev–Trinajstić information content (AvgIpc) is 2.79. The van der Waals surface area contributed by atoms with Gasteiger partial charge in [-0.15, -0.1) is 0 Å². The van der Waals surface area contributed by atoms with Crippen LogP contribution in [-0.2, 0) is 4.79 Å². The molecule has 0 N–H and O–H groups in total. The zero-order valence-electron chi connectivity index (χ0n) is 8.42. The molecule has 2 heteroatoms. The van der Waals surface area contributed by atoms with E-state index >= 15 is 0 Å². The maximum absolute atomic E-state index is 11.6. The smallest absolute Gasteiger partial charge is 0.246 e. The molecule has 72 valence electrons. The summed E-state index contributed by atoms with van der Waals surface area (Å²) in [5.41, 5.74) is 1.10. The lowest BCUT2D eigenvalue weighted by Gasteiger charge is -2.25. The van der Waals surface area contributed by atoms with E-state index in [2.05, 4.69) is 0 Å². The highest BCUT2D eigenvalue weighted by molar-refractivity contribution is 5.88. The summed E-state index contributed by atoms with van der Waals surface area (Å²) in [5, 5.41) is 0. The lowest BCUT2D eigenvalue weighted by molar-refractivity contribution is -0.127. The summed E-state index contributed by atoms with van der Waals surface area (Å²) in [6.45, 7) is 5.93. The number of nitrogens with zero attached hydrogens (tertiary/aromatic N) is 1. The van der Waals surface area contributed by atoms with Gasteiger partial charge >= 0.3 is 0 Å². The van der Waals surface area contributed by atoms with Gasteiger partial charge < -0.3 is 4.90 Å². The second kappa shape index (κ2) is 3.17. The Kier molecular flexibility index (Phi) is 2.14. The highest BCUT2D eigenvalue weighted by Gasteiger charge is 2.42. The Morgan fingerprint density at radius 2 is 2.15 bits per heavy atom. The minimum absolute atomic E-state index is 0.213. The normalized spacial score (nSPS) is 30.8. The molecule has 13 heavy (non-hydrogen) atoms. The first-order valence-electron chi connectivity index (χ1n) is 5.10. The fraction of sp³-hybridized carbons (Fsp3) is 0.727. The maximum Gasteiger partial charge on any atom is 0.246 e. The molecule has 2 unspecified atom stereocenters. The number of likely N-dealkylation sites (tertiary alicyclic amines) is 1. The van der Waals surface area contributed by atoms with Crippen molar-refractivity contribution in [3.8, 4) is 0 Å². The first kappa shape index (κ1) is 8.79. The molecule has 0 aromatic rings. The molecule has 0 spiro atoms. The van der Waals surface area contributed by atoms with Crippen LogP contribution in [0.2, 0.25) is 0 Å². The fourth-order valence-corrected chi connectivity index (χ4v) is 2.12. The van der Waals surface area contributed by atoms with E-state index in [1.807, 2.05) is 18.7 Å². The van der Waals surface area contributed by atoms with Crippen LogP contribution in [0.25, 0.3) is 0 Å². The minimum Gasteiger partial charge on any atom is -0.339 e. The third-order valence-electron chi connectivity index (χ3n) is 3.02. The molecule has 2 rings (SSSR count). The lowest BCUT2D eigenvalue weighted by atomic mass is 10.1. The Hall–Kier alpha value is -0.790. The standard InChI is InChI=1S/C11H17NO/c1-8(2)5-11(13)12-4-3-9-6-10(9)7-12/h5,9-10H,3-4,6-7H2,1-2H3. The molecule has 1 saturated heterocycles. The molecule has 0 radical (unpaired) electrons. The van der Waals surface area contributed by atoms with Gasteiger partial charge in [0.25, 0.3) is 0 Å². The van der Waals surface area contributed by atoms with Crippen molar-refractivity contribution in [3.63, 3.8) is 0 Å². The molecule has 2 fully saturated rings. The van der Waals surface area contributed by atoms with Crippen LogP contribution in [0.15, 0.2) is 11.6 Å². The SMILES string of the molecule is CC(C)=CC(=O)N1CCC2CC2C1. The van der Waals surface area contributed by atoms with Crippen LogP contribution in [0.3, 0.4) is 0 Å². The molecule has 0 bridgehead atoms. The number of amides is 1. The summed E-state index contributed by atoms with van der Waals surface area (Å²) in [6.07, 6.45) is 4.34. The summed E-state index contributed by atoms with van der Waals surface area (Å²) in [7, 11) is 0. The monoisotopic (exact) mass is 179 g/mol. The van der Waals surface area contributed by atoms with Gasteiger partial charge in [0.05, 0.1) is 0 Å². The quantitative estimate of drug-likeness (QED) is 0.562. The number of hydrogen-bond donors (Lipinski definition) is 0. The van der Waals surface area contributed by atoms with Crippen molar-refractivity contribution in [2.24, 2.45) is 11.8 Å². The Balaban J connectivity index is 1.93. The summed E-state index contributed by atoms with van der Waals surface area (Å²) < 4.78 is 0. The number of rotatable bonds is 1. The van der Waals surface area contributed by atoms with Crippen molar-refractivity contribution in [1.82, 2.24) is 4.90 Å².